The van der Waals surface area contributed by atoms with Crippen molar-refractivity contribution in [2.45, 2.75) is 46.2 Å². The summed E-state index contributed by atoms with van der Waals surface area (Å²) in [7, 11) is 0. The molecule has 1 aromatic heterocycles. The zero-order chi connectivity index (χ0) is 12.8. The van der Waals surface area contributed by atoms with Crippen LogP contribution < -0.4 is 11.1 Å². The van der Waals surface area contributed by atoms with Gasteiger partial charge < -0.3 is 11.1 Å². The highest BCUT2D eigenvalue weighted by molar-refractivity contribution is 5.79. The fraction of sp³-hybridized carbons (Fsp3) is 0.727. The van der Waals surface area contributed by atoms with Crippen molar-refractivity contribution in [3.63, 3.8) is 0 Å². The monoisotopic (exact) mass is 239 g/mol. The smallest absolute Gasteiger partial charge is 0.236 e. The molecule has 0 saturated heterocycles. The van der Waals surface area contributed by atoms with Crippen molar-refractivity contribution in [1.82, 2.24) is 20.1 Å². The second-order valence-corrected chi connectivity index (χ2v) is 3.85. The Morgan fingerprint density at radius 1 is 1.41 bits per heavy atom. The van der Waals surface area contributed by atoms with Gasteiger partial charge in [0, 0.05) is 12.8 Å². The topological polar surface area (TPSA) is 85.8 Å². The summed E-state index contributed by atoms with van der Waals surface area (Å²) in [6, 6.07) is -0.392. The van der Waals surface area contributed by atoms with Gasteiger partial charge in [0.15, 0.2) is 5.82 Å². The molecule has 0 aromatic carbocycles. The van der Waals surface area contributed by atoms with Crippen LogP contribution in [0.3, 0.4) is 0 Å². The van der Waals surface area contributed by atoms with Crippen LogP contribution in [0.2, 0.25) is 0 Å². The van der Waals surface area contributed by atoms with Crippen LogP contribution in [-0.4, -0.2) is 33.3 Å². The average molecular weight is 239 g/mol. The van der Waals surface area contributed by atoms with Gasteiger partial charge in [-0.05, 0) is 6.54 Å². The minimum atomic E-state index is -0.392. The van der Waals surface area contributed by atoms with Gasteiger partial charge in [-0.25, -0.2) is 9.67 Å². The van der Waals surface area contributed by atoms with Gasteiger partial charge in [-0.3, -0.25) is 4.79 Å². The maximum absolute atomic E-state index is 11.3. The Hall–Kier alpha value is -1.43. The number of hydrogen-bond acceptors (Lipinski definition) is 4. The summed E-state index contributed by atoms with van der Waals surface area (Å²) < 4.78 is 1.77. The van der Waals surface area contributed by atoms with Crippen LogP contribution in [0.4, 0.5) is 0 Å². The van der Waals surface area contributed by atoms with E-state index in [0.29, 0.717) is 13.1 Å². The van der Waals surface area contributed by atoms with Gasteiger partial charge in [-0.2, -0.15) is 5.10 Å². The number of likely N-dealkylation sites (N-methyl/N-ethyl adjacent to an activating group) is 1. The third-order valence-corrected chi connectivity index (χ3v) is 2.57. The molecule has 0 saturated carbocycles. The van der Waals surface area contributed by atoms with Crippen molar-refractivity contribution in [3.05, 3.63) is 11.6 Å². The molecule has 17 heavy (non-hydrogen) atoms. The Balaban J connectivity index is 2.83. The van der Waals surface area contributed by atoms with Crippen molar-refractivity contribution in [2.75, 3.05) is 6.54 Å². The van der Waals surface area contributed by atoms with Crippen molar-refractivity contribution in [1.29, 1.82) is 0 Å². The number of carbonyl (C=O) groups is 1. The van der Waals surface area contributed by atoms with E-state index in [2.05, 4.69) is 15.4 Å². The summed E-state index contributed by atoms with van der Waals surface area (Å²) in [5.41, 5.74) is 5.34. The predicted molar refractivity (Wildman–Crippen MR) is 65.4 cm³/mol. The van der Waals surface area contributed by atoms with Gasteiger partial charge in [0.25, 0.3) is 0 Å². The molecule has 1 atom stereocenters. The van der Waals surface area contributed by atoms with Gasteiger partial charge in [-0.1, -0.05) is 20.8 Å². The van der Waals surface area contributed by atoms with E-state index in [-0.39, 0.29) is 5.91 Å². The number of amides is 1. The number of nitrogens with one attached hydrogen (secondary N) is 1. The second kappa shape index (κ2) is 6.34. The van der Waals surface area contributed by atoms with Crippen molar-refractivity contribution < 1.29 is 4.79 Å². The Bertz CT molecular complexity index is 374. The van der Waals surface area contributed by atoms with Crippen molar-refractivity contribution in [2.24, 2.45) is 5.73 Å². The lowest BCUT2D eigenvalue weighted by molar-refractivity contribution is -0.120. The fourth-order valence-electron chi connectivity index (χ4n) is 1.66. The number of nitrogens with zero attached hydrogens (tertiary/aromatic N) is 3. The molecule has 0 bridgehead atoms. The summed E-state index contributed by atoms with van der Waals surface area (Å²) in [5.74, 6) is 1.34. The summed E-state index contributed by atoms with van der Waals surface area (Å²) >= 11 is 0. The Morgan fingerprint density at radius 3 is 2.59 bits per heavy atom. The molecular formula is C11H21N5O. The Morgan fingerprint density at radius 2 is 2.12 bits per heavy atom. The highest BCUT2D eigenvalue weighted by atomic mass is 16.1. The van der Waals surface area contributed by atoms with E-state index >= 15 is 0 Å². The summed E-state index contributed by atoms with van der Waals surface area (Å²) in [4.78, 5) is 15.7. The maximum atomic E-state index is 11.3. The first-order valence-electron chi connectivity index (χ1n) is 6.07. The SMILES string of the molecule is CCNC(Cn1nc(CC)nc1CC)C(N)=O. The lowest BCUT2D eigenvalue weighted by atomic mass is 10.2. The molecular weight excluding hydrogens is 218 g/mol. The fourth-order valence-corrected chi connectivity index (χ4v) is 1.66. The number of nitrogens with two attached hydrogens (primary N) is 1. The minimum Gasteiger partial charge on any atom is -0.368 e. The number of primary amides is 1. The summed E-state index contributed by atoms with van der Waals surface area (Å²) in [5, 5.41) is 7.41. The quantitative estimate of drug-likeness (QED) is 0.694. The number of hydrogen-bond donors (Lipinski definition) is 2. The van der Waals surface area contributed by atoms with Gasteiger partial charge in [0.05, 0.1) is 6.54 Å². The molecule has 6 heteroatoms. The first-order chi connectivity index (χ1) is 8.12. The van der Waals surface area contributed by atoms with E-state index in [4.69, 9.17) is 5.73 Å². The molecule has 0 aliphatic carbocycles. The van der Waals surface area contributed by atoms with E-state index in [1.807, 2.05) is 20.8 Å². The third kappa shape index (κ3) is 3.52. The minimum absolute atomic E-state index is 0.359. The lowest BCUT2D eigenvalue weighted by Gasteiger charge is -2.14. The molecule has 96 valence electrons. The van der Waals surface area contributed by atoms with Crippen LogP contribution in [0.25, 0.3) is 0 Å². The van der Waals surface area contributed by atoms with Crippen LogP contribution >= 0.6 is 0 Å². The number of aromatic nitrogens is 3. The van der Waals surface area contributed by atoms with Crippen LogP contribution in [0.5, 0.6) is 0 Å². The van der Waals surface area contributed by atoms with E-state index in [9.17, 15) is 4.79 Å². The predicted octanol–water partition coefficient (Wildman–Crippen LogP) is -0.134. The van der Waals surface area contributed by atoms with E-state index in [1.165, 1.54) is 0 Å². The van der Waals surface area contributed by atoms with Crippen LogP contribution in [-0.2, 0) is 24.2 Å². The lowest BCUT2D eigenvalue weighted by Crippen LogP contribution is -2.44. The number of carbonyl (C=O) groups excluding carboxylic acids is 1. The van der Waals surface area contributed by atoms with Crippen LogP contribution in [0.15, 0.2) is 0 Å². The molecule has 3 N–H and O–H groups in total. The molecule has 1 aromatic rings. The first kappa shape index (κ1) is 13.6. The zero-order valence-corrected chi connectivity index (χ0v) is 10.7. The van der Waals surface area contributed by atoms with Crippen LogP contribution in [0.1, 0.15) is 32.4 Å². The molecule has 1 rings (SSSR count). The average Bonchev–Trinajstić information content (AvgIpc) is 2.70. The molecule has 0 radical (unpaired) electrons. The molecule has 0 aliphatic rings. The Kier molecular flexibility index (Phi) is 5.09. The third-order valence-electron chi connectivity index (χ3n) is 2.57. The highest BCUT2D eigenvalue weighted by Gasteiger charge is 2.17. The van der Waals surface area contributed by atoms with Gasteiger partial charge >= 0.3 is 0 Å². The maximum Gasteiger partial charge on any atom is 0.236 e. The normalized spacial score (nSPS) is 12.6. The summed E-state index contributed by atoms with van der Waals surface area (Å²) in [6.45, 7) is 7.11. The standard InChI is InChI=1S/C11H21N5O/c1-4-9-14-10(5-2)16(15-9)7-8(11(12)17)13-6-3/h8,13H,4-7H2,1-3H3,(H2,12,17). The van der Waals surface area contributed by atoms with E-state index in [1.54, 1.807) is 4.68 Å². The highest BCUT2D eigenvalue weighted by Crippen LogP contribution is 2.02. The van der Waals surface area contributed by atoms with E-state index < -0.39 is 6.04 Å². The van der Waals surface area contributed by atoms with Crippen molar-refractivity contribution >= 4 is 5.91 Å². The number of aryl methyl sites for hydroxylation is 2. The molecule has 1 heterocycles. The van der Waals surface area contributed by atoms with Crippen molar-refractivity contribution in [3.8, 4) is 0 Å². The second-order valence-electron chi connectivity index (χ2n) is 3.85. The van der Waals surface area contributed by atoms with Crippen LogP contribution in [0, 0.1) is 0 Å². The summed E-state index contributed by atoms with van der Waals surface area (Å²) in [6.07, 6.45) is 1.59. The number of rotatable bonds is 7. The molecule has 6 nitrogen and oxygen atoms in total. The first-order valence-corrected chi connectivity index (χ1v) is 6.07. The molecule has 1 unspecified atom stereocenters. The van der Waals surface area contributed by atoms with Gasteiger partial charge in [0.2, 0.25) is 5.91 Å². The molecule has 0 fully saturated rings. The molecule has 0 aliphatic heterocycles. The zero-order valence-electron chi connectivity index (χ0n) is 10.7. The Labute approximate surface area is 102 Å². The molecule has 1 amide bonds. The van der Waals surface area contributed by atoms with Gasteiger partial charge in [-0.15, -0.1) is 0 Å². The van der Waals surface area contributed by atoms with E-state index in [0.717, 1.165) is 24.5 Å². The molecule has 0 spiro atoms. The largest absolute Gasteiger partial charge is 0.368 e. The van der Waals surface area contributed by atoms with Gasteiger partial charge in [0.1, 0.15) is 11.9 Å².